The Morgan fingerprint density at radius 1 is 1.12 bits per heavy atom. The molecule has 1 unspecified atom stereocenters. The molecule has 0 aromatic heterocycles. The number of ether oxygens (including phenoxy) is 2. The number of hydrogen-bond acceptors (Lipinski definition) is 5. The number of aliphatic hydroxyl groups excluding tert-OH is 2. The standard InChI is InChI=1S/C12H23NO4/c14-7-11-8-17-6-3-13(11)9-12(10-15)1-4-16-5-2-12/h11,14-15H,1-10H2. The van der Waals surface area contributed by atoms with E-state index in [1.54, 1.807) is 0 Å². The third-order valence-electron chi connectivity index (χ3n) is 3.99. The highest BCUT2D eigenvalue weighted by molar-refractivity contribution is 4.87. The summed E-state index contributed by atoms with van der Waals surface area (Å²) in [5.74, 6) is 0. The molecule has 17 heavy (non-hydrogen) atoms. The summed E-state index contributed by atoms with van der Waals surface area (Å²) >= 11 is 0. The summed E-state index contributed by atoms with van der Waals surface area (Å²) in [6, 6.07) is 0.0787. The van der Waals surface area contributed by atoms with Crippen molar-refractivity contribution in [3.05, 3.63) is 0 Å². The van der Waals surface area contributed by atoms with Crippen LogP contribution in [-0.4, -0.2) is 73.9 Å². The maximum absolute atomic E-state index is 9.66. The van der Waals surface area contributed by atoms with Crippen LogP contribution in [0.2, 0.25) is 0 Å². The zero-order valence-corrected chi connectivity index (χ0v) is 10.3. The van der Waals surface area contributed by atoms with Gasteiger partial charge in [-0.15, -0.1) is 0 Å². The summed E-state index contributed by atoms with van der Waals surface area (Å²) in [4.78, 5) is 2.26. The molecule has 0 spiro atoms. The lowest BCUT2D eigenvalue weighted by atomic mass is 9.80. The fraction of sp³-hybridized carbons (Fsp3) is 1.00. The Balaban J connectivity index is 1.96. The van der Waals surface area contributed by atoms with Crippen molar-refractivity contribution in [2.75, 3.05) is 52.7 Å². The minimum Gasteiger partial charge on any atom is -0.396 e. The van der Waals surface area contributed by atoms with Crippen molar-refractivity contribution >= 4 is 0 Å². The Bertz CT molecular complexity index is 231. The van der Waals surface area contributed by atoms with E-state index in [0.29, 0.717) is 13.2 Å². The fourth-order valence-corrected chi connectivity index (χ4v) is 2.67. The second kappa shape index (κ2) is 6.11. The fourth-order valence-electron chi connectivity index (χ4n) is 2.67. The molecule has 1 atom stereocenters. The lowest BCUT2D eigenvalue weighted by molar-refractivity contribution is -0.0792. The van der Waals surface area contributed by atoms with E-state index in [1.807, 2.05) is 0 Å². The molecule has 100 valence electrons. The molecule has 0 aliphatic carbocycles. The number of hydrogen-bond donors (Lipinski definition) is 2. The van der Waals surface area contributed by atoms with E-state index in [4.69, 9.17) is 9.47 Å². The van der Waals surface area contributed by atoms with E-state index in [0.717, 1.165) is 39.1 Å². The normalized spacial score (nSPS) is 30.4. The molecule has 2 aliphatic heterocycles. The van der Waals surface area contributed by atoms with Crippen molar-refractivity contribution < 1.29 is 19.7 Å². The highest BCUT2D eigenvalue weighted by atomic mass is 16.5. The van der Waals surface area contributed by atoms with Gasteiger partial charge in [-0.05, 0) is 12.8 Å². The number of morpholine rings is 1. The van der Waals surface area contributed by atoms with E-state index < -0.39 is 0 Å². The van der Waals surface area contributed by atoms with Gasteiger partial charge in [-0.25, -0.2) is 0 Å². The average molecular weight is 245 g/mol. The largest absolute Gasteiger partial charge is 0.396 e. The minimum atomic E-state index is -0.0526. The van der Waals surface area contributed by atoms with Crippen molar-refractivity contribution in [2.45, 2.75) is 18.9 Å². The zero-order chi connectivity index (χ0) is 12.1. The Kier molecular flexibility index (Phi) is 4.76. The SMILES string of the molecule is OCC1COCCN1CC1(CO)CCOCC1. The number of nitrogens with zero attached hydrogens (tertiary/aromatic N) is 1. The zero-order valence-electron chi connectivity index (χ0n) is 10.3. The molecule has 5 heteroatoms. The summed E-state index contributed by atoms with van der Waals surface area (Å²) in [6.45, 7) is 4.77. The summed E-state index contributed by atoms with van der Waals surface area (Å²) in [7, 11) is 0. The van der Waals surface area contributed by atoms with Crippen molar-refractivity contribution in [1.82, 2.24) is 4.90 Å². The molecule has 2 heterocycles. The van der Waals surface area contributed by atoms with Crippen LogP contribution < -0.4 is 0 Å². The van der Waals surface area contributed by atoms with Crippen molar-refractivity contribution in [3.8, 4) is 0 Å². The second-order valence-corrected chi connectivity index (χ2v) is 5.15. The molecule has 5 nitrogen and oxygen atoms in total. The van der Waals surface area contributed by atoms with Gasteiger partial charge in [-0.2, -0.15) is 0 Å². The highest BCUT2D eigenvalue weighted by Gasteiger charge is 2.36. The van der Waals surface area contributed by atoms with E-state index in [9.17, 15) is 10.2 Å². The van der Waals surface area contributed by atoms with Crippen molar-refractivity contribution in [1.29, 1.82) is 0 Å². The molecule has 0 amide bonds. The molecular formula is C12H23NO4. The Labute approximate surface area is 102 Å². The lowest BCUT2D eigenvalue weighted by Crippen LogP contribution is -2.53. The predicted molar refractivity (Wildman–Crippen MR) is 62.8 cm³/mol. The monoisotopic (exact) mass is 245 g/mol. The quantitative estimate of drug-likeness (QED) is 0.697. The van der Waals surface area contributed by atoms with Crippen LogP contribution in [0, 0.1) is 5.41 Å². The van der Waals surface area contributed by atoms with Gasteiger partial charge in [0.1, 0.15) is 0 Å². The van der Waals surface area contributed by atoms with E-state index >= 15 is 0 Å². The Morgan fingerprint density at radius 3 is 2.53 bits per heavy atom. The maximum Gasteiger partial charge on any atom is 0.0644 e. The van der Waals surface area contributed by atoms with E-state index in [2.05, 4.69) is 4.90 Å². The Morgan fingerprint density at radius 2 is 1.88 bits per heavy atom. The van der Waals surface area contributed by atoms with Crippen LogP contribution in [0.1, 0.15) is 12.8 Å². The van der Waals surface area contributed by atoms with Gasteiger partial charge in [0, 0.05) is 31.7 Å². The van der Waals surface area contributed by atoms with Crippen LogP contribution in [-0.2, 0) is 9.47 Å². The molecule has 2 rings (SSSR count). The van der Waals surface area contributed by atoms with Crippen molar-refractivity contribution in [3.63, 3.8) is 0 Å². The third kappa shape index (κ3) is 3.17. The molecular weight excluding hydrogens is 222 g/mol. The van der Waals surface area contributed by atoms with Gasteiger partial charge < -0.3 is 19.7 Å². The van der Waals surface area contributed by atoms with E-state index in [1.165, 1.54) is 0 Å². The molecule has 0 radical (unpaired) electrons. The summed E-state index contributed by atoms with van der Waals surface area (Å²) in [5.41, 5.74) is -0.0526. The van der Waals surface area contributed by atoms with Gasteiger partial charge in [0.15, 0.2) is 0 Å². The second-order valence-electron chi connectivity index (χ2n) is 5.15. The molecule has 0 saturated carbocycles. The number of aliphatic hydroxyl groups is 2. The first-order chi connectivity index (χ1) is 8.29. The molecule has 2 aliphatic rings. The summed E-state index contributed by atoms with van der Waals surface area (Å²) in [5, 5.41) is 19.0. The minimum absolute atomic E-state index is 0.0526. The van der Waals surface area contributed by atoms with Gasteiger partial charge in [-0.3, -0.25) is 4.90 Å². The van der Waals surface area contributed by atoms with Gasteiger partial charge in [0.05, 0.1) is 32.5 Å². The van der Waals surface area contributed by atoms with Crippen molar-refractivity contribution in [2.24, 2.45) is 5.41 Å². The van der Waals surface area contributed by atoms with Crippen LogP contribution in [0.15, 0.2) is 0 Å². The van der Waals surface area contributed by atoms with Gasteiger partial charge in [0.25, 0.3) is 0 Å². The maximum atomic E-state index is 9.66. The first kappa shape index (κ1) is 13.2. The van der Waals surface area contributed by atoms with Crippen LogP contribution in [0.3, 0.4) is 0 Å². The molecule has 0 bridgehead atoms. The molecule has 0 aromatic rings. The highest BCUT2D eigenvalue weighted by Crippen LogP contribution is 2.31. The summed E-state index contributed by atoms with van der Waals surface area (Å²) in [6.07, 6.45) is 1.80. The van der Waals surface area contributed by atoms with Gasteiger partial charge in [-0.1, -0.05) is 0 Å². The molecule has 2 saturated heterocycles. The van der Waals surface area contributed by atoms with Gasteiger partial charge >= 0.3 is 0 Å². The molecule has 2 fully saturated rings. The van der Waals surface area contributed by atoms with Crippen LogP contribution >= 0.6 is 0 Å². The first-order valence-corrected chi connectivity index (χ1v) is 6.41. The Hall–Kier alpha value is -0.200. The van der Waals surface area contributed by atoms with E-state index in [-0.39, 0.29) is 24.7 Å². The topological polar surface area (TPSA) is 62.2 Å². The summed E-state index contributed by atoms with van der Waals surface area (Å²) < 4.78 is 10.7. The third-order valence-corrected chi connectivity index (χ3v) is 3.99. The number of rotatable bonds is 4. The van der Waals surface area contributed by atoms with Crippen LogP contribution in [0.25, 0.3) is 0 Å². The average Bonchev–Trinajstić information content (AvgIpc) is 2.40. The van der Waals surface area contributed by atoms with Crippen LogP contribution in [0.4, 0.5) is 0 Å². The molecule has 2 N–H and O–H groups in total. The van der Waals surface area contributed by atoms with Crippen LogP contribution in [0.5, 0.6) is 0 Å². The molecule has 0 aromatic carbocycles. The predicted octanol–water partition coefficient (Wildman–Crippen LogP) is -0.531. The smallest absolute Gasteiger partial charge is 0.0644 e. The van der Waals surface area contributed by atoms with Gasteiger partial charge in [0.2, 0.25) is 0 Å². The first-order valence-electron chi connectivity index (χ1n) is 6.41. The lowest BCUT2D eigenvalue weighted by Gasteiger charge is -2.43.